The minimum atomic E-state index is -0.553. The van der Waals surface area contributed by atoms with Crippen LogP contribution in [0.3, 0.4) is 0 Å². The van der Waals surface area contributed by atoms with Crippen LogP contribution >= 0.6 is 11.6 Å². The third-order valence-electron chi connectivity index (χ3n) is 5.43. The highest BCUT2D eigenvalue weighted by Crippen LogP contribution is 2.30. The number of primary amides is 1. The molecule has 8 heteroatoms. The number of aromatic nitrogens is 2. The van der Waals surface area contributed by atoms with Gasteiger partial charge in [0.2, 0.25) is 5.91 Å². The number of halogens is 1. The molecular weight excluding hydrogens is 428 g/mol. The molecule has 1 aliphatic heterocycles. The molecule has 1 aromatic heterocycles. The lowest BCUT2D eigenvalue weighted by Gasteiger charge is -2.32. The Balaban J connectivity index is 1.57. The number of ether oxygens (including phenoxy) is 1. The zero-order valence-electron chi connectivity index (χ0n) is 17.4. The third-order valence-corrected chi connectivity index (χ3v) is 5.68. The van der Waals surface area contributed by atoms with Crippen molar-refractivity contribution in [2.45, 2.75) is 18.9 Å². The maximum absolute atomic E-state index is 12.1. The van der Waals surface area contributed by atoms with Gasteiger partial charge in [-0.2, -0.15) is 5.10 Å². The number of hydrogen-bond acceptors (Lipinski definition) is 4. The van der Waals surface area contributed by atoms with Crippen molar-refractivity contribution >= 4 is 23.4 Å². The fourth-order valence-corrected chi connectivity index (χ4v) is 3.92. The highest BCUT2D eigenvalue weighted by atomic mass is 35.5. The lowest BCUT2D eigenvalue weighted by Crippen LogP contribution is -2.40. The molecular formula is C24H23ClN4O3. The van der Waals surface area contributed by atoms with E-state index in [0.29, 0.717) is 40.9 Å². The van der Waals surface area contributed by atoms with Crippen LogP contribution in [0.15, 0.2) is 67.4 Å². The van der Waals surface area contributed by atoms with Crippen LogP contribution in [0.4, 0.5) is 0 Å². The largest absolute Gasteiger partial charge is 0.457 e. The van der Waals surface area contributed by atoms with Crippen LogP contribution in [0.25, 0.3) is 11.3 Å². The van der Waals surface area contributed by atoms with Crippen LogP contribution in [0.1, 0.15) is 29.2 Å². The van der Waals surface area contributed by atoms with Gasteiger partial charge in [0.15, 0.2) is 0 Å². The second-order valence-electron chi connectivity index (χ2n) is 7.60. The van der Waals surface area contributed by atoms with Gasteiger partial charge in [-0.25, -0.2) is 0 Å². The van der Waals surface area contributed by atoms with Crippen molar-refractivity contribution in [1.82, 2.24) is 14.7 Å². The second-order valence-corrected chi connectivity index (χ2v) is 8.04. The Bertz CT molecular complexity index is 1140. The number of carbonyl (C=O) groups excluding carboxylic acids is 2. The molecule has 1 atom stereocenters. The molecule has 2 amide bonds. The molecule has 1 saturated heterocycles. The molecule has 3 aromatic rings. The monoisotopic (exact) mass is 450 g/mol. The average Bonchev–Trinajstić information content (AvgIpc) is 3.27. The van der Waals surface area contributed by atoms with Gasteiger partial charge in [-0.15, -0.1) is 0 Å². The summed E-state index contributed by atoms with van der Waals surface area (Å²) >= 11 is 5.91. The number of hydrogen-bond donors (Lipinski definition) is 1. The number of carbonyl (C=O) groups is 2. The van der Waals surface area contributed by atoms with Gasteiger partial charge in [-0.1, -0.05) is 18.2 Å². The molecule has 2 N–H and O–H groups in total. The highest BCUT2D eigenvalue weighted by molar-refractivity contribution is 6.30. The molecule has 1 fully saturated rings. The summed E-state index contributed by atoms with van der Waals surface area (Å²) in [6.45, 7) is 4.76. The molecule has 32 heavy (non-hydrogen) atoms. The van der Waals surface area contributed by atoms with Crippen LogP contribution in [-0.2, 0) is 4.79 Å². The van der Waals surface area contributed by atoms with Crippen molar-refractivity contribution in [2.75, 3.05) is 13.1 Å². The first kappa shape index (κ1) is 21.6. The van der Waals surface area contributed by atoms with E-state index in [9.17, 15) is 9.59 Å². The zero-order valence-corrected chi connectivity index (χ0v) is 18.2. The molecule has 7 nitrogen and oxygen atoms in total. The Hall–Kier alpha value is -3.58. The summed E-state index contributed by atoms with van der Waals surface area (Å²) < 4.78 is 7.57. The van der Waals surface area contributed by atoms with Crippen molar-refractivity contribution in [1.29, 1.82) is 0 Å². The summed E-state index contributed by atoms with van der Waals surface area (Å²) in [7, 11) is 0. The minimum absolute atomic E-state index is 0.0352. The standard InChI is InChI=1S/C24H23ClN4O3/c1-2-22(30)28-13-3-4-18(14-28)29-15-21(24(26)31)23(27-29)16-5-9-19(10-6-16)32-20-11-7-17(25)8-12-20/h2,5-12,15,18H,1,3-4,13-14H2,(H2,26,31). The Morgan fingerprint density at radius 3 is 2.41 bits per heavy atom. The van der Waals surface area contributed by atoms with Crippen molar-refractivity contribution in [2.24, 2.45) is 5.73 Å². The van der Waals surface area contributed by atoms with Crippen molar-refractivity contribution in [3.05, 3.63) is 78.0 Å². The number of amides is 2. The Labute approximate surface area is 191 Å². The normalized spacial score (nSPS) is 15.9. The second kappa shape index (κ2) is 9.28. The van der Waals surface area contributed by atoms with Gasteiger partial charge in [0.05, 0.1) is 11.6 Å². The quantitative estimate of drug-likeness (QED) is 0.562. The summed E-state index contributed by atoms with van der Waals surface area (Å²) in [4.78, 5) is 25.9. The predicted octanol–water partition coefficient (Wildman–Crippen LogP) is 4.44. The van der Waals surface area contributed by atoms with Gasteiger partial charge in [-0.3, -0.25) is 14.3 Å². The molecule has 164 valence electrons. The average molecular weight is 451 g/mol. The summed E-state index contributed by atoms with van der Waals surface area (Å²) in [6, 6.07) is 14.3. The molecule has 0 saturated carbocycles. The summed E-state index contributed by atoms with van der Waals surface area (Å²) in [5.74, 6) is 0.651. The number of nitrogens with two attached hydrogens (primary N) is 1. The van der Waals surface area contributed by atoms with Crippen LogP contribution in [0.5, 0.6) is 11.5 Å². The predicted molar refractivity (Wildman–Crippen MR) is 123 cm³/mol. The number of nitrogens with zero attached hydrogens (tertiary/aromatic N) is 3. The van der Waals surface area contributed by atoms with E-state index < -0.39 is 5.91 Å². The fraction of sp³-hybridized carbons (Fsp3) is 0.208. The maximum Gasteiger partial charge on any atom is 0.252 e. The molecule has 4 rings (SSSR count). The summed E-state index contributed by atoms with van der Waals surface area (Å²) in [5.41, 5.74) is 7.22. The first-order chi connectivity index (χ1) is 15.4. The number of piperidine rings is 1. The zero-order chi connectivity index (χ0) is 22.7. The first-order valence-electron chi connectivity index (χ1n) is 10.3. The smallest absolute Gasteiger partial charge is 0.252 e. The summed E-state index contributed by atoms with van der Waals surface area (Å²) in [5, 5.41) is 5.30. The number of benzene rings is 2. The van der Waals surface area contributed by atoms with Gasteiger partial charge in [0, 0.05) is 29.9 Å². The van der Waals surface area contributed by atoms with Gasteiger partial charge < -0.3 is 15.4 Å². The third kappa shape index (κ3) is 4.68. The molecule has 0 bridgehead atoms. The molecule has 2 aromatic carbocycles. The van der Waals surface area contributed by atoms with Gasteiger partial charge in [0.25, 0.3) is 5.91 Å². The lowest BCUT2D eigenvalue weighted by atomic mass is 10.1. The van der Waals surface area contributed by atoms with Crippen LogP contribution in [0, 0.1) is 0 Å². The van der Waals surface area contributed by atoms with Gasteiger partial charge >= 0.3 is 0 Å². The van der Waals surface area contributed by atoms with E-state index in [-0.39, 0.29) is 11.9 Å². The molecule has 1 aliphatic rings. The Morgan fingerprint density at radius 1 is 1.12 bits per heavy atom. The van der Waals surface area contributed by atoms with E-state index in [0.717, 1.165) is 18.4 Å². The van der Waals surface area contributed by atoms with Crippen molar-refractivity contribution in [3.8, 4) is 22.8 Å². The SMILES string of the molecule is C=CC(=O)N1CCCC(n2cc(C(N)=O)c(-c3ccc(Oc4ccc(Cl)cc4)cc3)n2)C1. The van der Waals surface area contributed by atoms with Gasteiger partial charge in [0.1, 0.15) is 17.2 Å². The Morgan fingerprint density at radius 2 is 1.78 bits per heavy atom. The summed E-state index contributed by atoms with van der Waals surface area (Å²) in [6.07, 6.45) is 4.69. The molecule has 0 aliphatic carbocycles. The Kier molecular flexibility index (Phi) is 6.28. The maximum atomic E-state index is 12.1. The van der Waals surface area contributed by atoms with E-state index in [2.05, 4.69) is 11.7 Å². The fourth-order valence-electron chi connectivity index (χ4n) is 3.79. The van der Waals surface area contributed by atoms with E-state index in [1.54, 1.807) is 52.2 Å². The molecule has 0 spiro atoms. The van der Waals surface area contributed by atoms with E-state index in [1.807, 2.05) is 12.1 Å². The van der Waals surface area contributed by atoms with Crippen LogP contribution < -0.4 is 10.5 Å². The molecule has 2 heterocycles. The molecule has 1 unspecified atom stereocenters. The lowest BCUT2D eigenvalue weighted by molar-refractivity contribution is -0.127. The molecule has 0 radical (unpaired) electrons. The van der Waals surface area contributed by atoms with E-state index in [4.69, 9.17) is 22.1 Å². The van der Waals surface area contributed by atoms with E-state index >= 15 is 0 Å². The number of rotatable bonds is 6. The van der Waals surface area contributed by atoms with Gasteiger partial charge in [-0.05, 0) is 67.4 Å². The van der Waals surface area contributed by atoms with Crippen LogP contribution in [0.2, 0.25) is 5.02 Å². The number of likely N-dealkylation sites (tertiary alicyclic amines) is 1. The first-order valence-corrected chi connectivity index (χ1v) is 10.7. The van der Waals surface area contributed by atoms with Crippen LogP contribution in [-0.4, -0.2) is 39.6 Å². The highest BCUT2D eigenvalue weighted by Gasteiger charge is 2.26. The van der Waals surface area contributed by atoms with Crippen molar-refractivity contribution < 1.29 is 14.3 Å². The van der Waals surface area contributed by atoms with Crippen molar-refractivity contribution in [3.63, 3.8) is 0 Å². The van der Waals surface area contributed by atoms with E-state index in [1.165, 1.54) is 6.08 Å². The topological polar surface area (TPSA) is 90.5 Å². The minimum Gasteiger partial charge on any atom is -0.457 e.